The van der Waals surface area contributed by atoms with Gasteiger partial charge >= 0.3 is 0 Å². The van der Waals surface area contributed by atoms with Crippen LogP contribution in [0.25, 0.3) is 10.6 Å². The minimum atomic E-state index is -0.340. The Bertz CT molecular complexity index is 698. The van der Waals surface area contributed by atoms with Gasteiger partial charge in [-0.1, -0.05) is 0 Å². The number of aryl methyl sites for hydroxylation is 1. The predicted octanol–water partition coefficient (Wildman–Crippen LogP) is 1.82. The standard InChI is InChI=1S/C11H10N6OS/c1-6-2-3-9(19-6)7-4-8(16-15-7)10(18)14-11-12-5-13-17-11/h2-5H,1H3,(H,15,16)(H2,12,13,14,17,18). The molecular formula is C11H10N6OS. The van der Waals surface area contributed by atoms with Gasteiger partial charge in [0.05, 0.1) is 10.6 Å². The maximum Gasteiger partial charge on any atom is 0.278 e. The van der Waals surface area contributed by atoms with Crippen LogP contribution in [0.15, 0.2) is 24.5 Å². The van der Waals surface area contributed by atoms with E-state index < -0.39 is 0 Å². The van der Waals surface area contributed by atoms with Crippen molar-refractivity contribution in [1.29, 1.82) is 0 Å². The van der Waals surface area contributed by atoms with Gasteiger partial charge in [-0.3, -0.25) is 15.2 Å². The molecule has 0 aliphatic heterocycles. The number of anilines is 1. The summed E-state index contributed by atoms with van der Waals surface area (Å²) in [7, 11) is 0. The highest BCUT2D eigenvalue weighted by atomic mass is 32.1. The predicted molar refractivity (Wildman–Crippen MR) is 71.0 cm³/mol. The average Bonchev–Trinajstić information content (AvgIpc) is 3.07. The second-order valence-corrected chi connectivity index (χ2v) is 5.15. The van der Waals surface area contributed by atoms with Gasteiger partial charge in [0.1, 0.15) is 6.33 Å². The monoisotopic (exact) mass is 274 g/mol. The number of hydrogen-bond donors (Lipinski definition) is 3. The van der Waals surface area contributed by atoms with E-state index in [2.05, 4.69) is 30.7 Å². The van der Waals surface area contributed by atoms with Crippen LogP contribution in [-0.2, 0) is 0 Å². The van der Waals surface area contributed by atoms with Gasteiger partial charge in [-0.15, -0.1) is 11.3 Å². The number of thiophene rings is 1. The van der Waals surface area contributed by atoms with E-state index in [1.807, 2.05) is 19.1 Å². The third-order valence-corrected chi connectivity index (χ3v) is 3.50. The average molecular weight is 274 g/mol. The molecule has 0 aliphatic carbocycles. The summed E-state index contributed by atoms with van der Waals surface area (Å²) in [5, 5.41) is 15.6. The van der Waals surface area contributed by atoms with Gasteiger partial charge in [-0.05, 0) is 25.1 Å². The van der Waals surface area contributed by atoms with Gasteiger partial charge in [0.25, 0.3) is 5.91 Å². The highest BCUT2D eigenvalue weighted by molar-refractivity contribution is 7.15. The molecule has 0 aromatic carbocycles. The van der Waals surface area contributed by atoms with Crippen molar-refractivity contribution < 1.29 is 4.79 Å². The lowest BCUT2D eigenvalue weighted by atomic mass is 10.3. The zero-order chi connectivity index (χ0) is 13.2. The van der Waals surface area contributed by atoms with Crippen molar-refractivity contribution in [1.82, 2.24) is 25.4 Å². The normalized spacial score (nSPS) is 10.6. The fraction of sp³-hybridized carbons (Fsp3) is 0.0909. The van der Waals surface area contributed by atoms with Crippen molar-refractivity contribution in [3.8, 4) is 10.6 Å². The second kappa shape index (κ2) is 4.65. The third-order valence-electron chi connectivity index (χ3n) is 2.46. The molecule has 19 heavy (non-hydrogen) atoms. The minimum Gasteiger partial charge on any atom is -0.289 e. The number of carbonyl (C=O) groups is 1. The van der Waals surface area contributed by atoms with Crippen molar-refractivity contribution in [3.63, 3.8) is 0 Å². The molecule has 0 saturated carbocycles. The Morgan fingerprint density at radius 2 is 2.26 bits per heavy atom. The van der Waals surface area contributed by atoms with Crippen LogP contribution in [0.4, 0.5) is 5.95 Å². The molecule has 0 unspecified atom stereocenters. The molecule has 0 bridgehead atoms. The summed E-state index contributed by atoms with van der Waals surface area (Å²) in [6, 6.07) is 5.72. The number of nitrogens with one attached hydrogen (secondary N) is 3. The molecule has 3 aromatic heterocycles. The Hall–Kier alpha value is -2.48. The van der Waals surface area contributed by atoms with E-state index >= 15 is 0 Å². The number of nitrogens with zero attached hydrogens (tertiary/aromatic N) is 3. The first kappa shape index (κ1) is 11.6. The van der Waals surface area contributed by atoms with Crippen LogP contribution >= 0.6 is 11.3 Å². The van der Waals surface area contributed by atoms with Gasteiger partial charge < -0.3 is 0 Å². The van der Waals surface area contributed by atoms with Crippen LogP contribution in [0.2, 0.25) is 0 Å². The molecule has 3 N–H and O–H groups in total. The summed E-state index contributed by atoms with van der Waals surface area (Å²) in [6.45, 7) is 2.03. The smallest absolute Gasteiger partial charge is 0.278 e. The van der Waals surface area contributed by atoms with E-state index in [0.717, 1.165) is 10.6 Å². The molecule has 3 rings (SSSR count). The number of aromatic amines is 2. The number of rotatable bonds is 3. The first-order valence-electron chi connectivity index (χ1n) is 5.51. The Morgan fingerprint density at radius 3 is 2.95 bits per heavy atom. The quantitative estimate of drug-likeness (QED) is 0.678. The maximum atomic E-state index is 11.9. The van der Waals surface area contributed by atoms with Gasteiger partial charge in [0.2, 0.25) is 5.95 Å². The molecule has 1 amide bonds. The first-order chi connectivity index (χ1) is 9.22. The zero-order valence-corrected chi connectivity index (χ0v) is 10.8. The Morgan fingerprint density at radius 1 is 1.37 bits per heavy atom. The summed E-state index contributed by atoms with van der Waals surface area (Å²) in [5.41, 5.74) is 1.12. The van der Waals surface area contributed by atoms with Crippen molar-refractivity contribution in [3.05, 3.63) is 35.1 Å². The van der Waals surface area contributed by atoms with Crippen LogP contribution in [0.1, 0.15) is 15.4 Å². The number of H-pyrrole nitrogens is 2. The van der Waals surface area contributed by atoms with Gasteiger partial charge in [-0.25, -0.2) is 5.10 Å². The fourth-order valence-corrected chi connectivity index (χ4v) is 2.41. The van der Waals surface area contributed by atoms with Crippen LogP contribution in [0.5, 0.6) is 0 Å². The molecule has 0 saturated heterocycles. The molecule has 0 radical (unpaired) electrons. The lowest BCUT2D eigenvalue weighted by Gasteiger charge is -1.95. The van der Waals surface area contributed by atoms with Gasteiger partial charge in [0, 0.05) is 4.88 Å². The number of aromatic nitrogens is 5. The van der Waals surface area contributed by atoms with Gasteiger partial charge in [-0.2, -0.15) is 15.2 Å². The zero-order valence-electron chi connectivity index (χ0n) is 9.97. The summed E-state index contributed by atoms with van der Waals surface area (Å²) in [5.74, 6) is -0.0472. The van der Waals surface area contributed by atoms with E-state index in [0.29, 0.717) is 11.6 Å². The summed E-state index contributed by atoms with van der Waals surface area (Å²) in [4.78, 5) is 18.0. The molecule has 0 aliphatic rings. The lowest BCUT2D eigenvalue weighted by molar-refractivity contribution is 0.102. The van der Waals surface area contributed by atoms with Crippen molar-refractivity contribution >= 4 is 23.2 Å². The number of hydrogen-bond acceptors (Lipinski definition) is 5. The van der Waals surface area contributed by atoms with Crippen LogP contribution in [0, 0.1) is 6.92 Å². The molecule has 0 spiro atoms. The fourth-order valence-electron chi connectivity index (χ4n) is 1.58. The highest BCUT2D eigenvalue weighted by Gasteiger charge is 2.13. The summed E-state index contributed by atoms with van der Waals surface area (Å²) < 4.78 is 0. The van der Waals surface area contributed by atoms with E-state index in [1.54, 1.807) is 17.4 Å². The first-order valence-corrected chi connectivity index (χ1v) is 6.33. The Kier molecular flexibility index (Phi) is 2.84. The van der Waals surface area contributed by atoms with Crippen molar-refractivity contribution in [2.45, 2.75) is 6.92 Å². The molecule has 0 atom stereocenters. The Balaban J connectivity index is 1.79. The highest BCUT2D eigenvalue weighted by Crippen LogP contribution is 2.26. The van der Waals surface area contributed by atoms with E-state index in [1.165, 1.54) is 11.2 Å². The third kappa shape index (κ3) is 2.38. The lowest BCUT2D eigenvalue weighted by Crippen LogP contribution is -2.13. The van der Waals surface area contributed by atoms with Crippen molar-refractivity contribution in [2.24, 2.45) is 0 Å². The van der Waals surface area contributed by atoms with E-state index in [9.17, 15) is 4.79 Å². The SMILES string of the molecule is Cc1ccc(-c2cc(C(=O)Nc3ncn[nH]3)n[nH]2)s1. The van der Waals surface area contributed by atoms with Crippen LogP contribution in [-0.4, -0.2) is 31.3 Å². The Labute approximate surface area is 112 Å². The summed E-state index contributed by atoms with van der Waals surface area (Å²) in [6.07, 6.45) is 1.32. The van der Waals surface area contributed by atoms with Crippen LogP contribution in [0.3, 0.4) is 0 Å². The molecule has 3 heterocycles. The molecule has 7 nitrogen and oxygen atoms in total. The topological polar surface area (TPSA) is 99.3 Å². The largest absolute Gasteiger partial charge is 0.289 e. The molecule has 8 heteroatoms. The molecule has 96 valence electrons. The maximum absolute atomic E-state index is 11.9. The van der Waals surface area contributed by atoms with E-state index in [-0.39, 0.29) is 5.91 Å². The minimum absolute atomic E-state index is 0.293. The van der Waals surface area contributed by atoms with Gasteiger partial charge in [0.15, 0.2) is 5.69 Å². The number of carbonyl (C=O) groups excluding carboxylic acids is 1. The molecular weight excluding hydrogens is 264 g/mol. The second-order valence-electron chi connectivity index (χ2n) is 3.87. The summed E-state index contributed by atoms with van der Waals surface area (Å²) >= 11 is 1.64. The van der Waals surface area contributed by atoms with E-state index in [4.69, 9.17) is 0 Å². The number of amides is 1. The molecule has 3 aromatic rings. The molecule has 0 fully saturated rings. The van der Waals surface area contributed by atoms with Crippen molar-refractivity contribution in [2.75, 3.05) is 5.32 Å². The van der Waals surface area contributed by atoms with Crippen LogP contribution < -0.4 is 5.32 Å².